The van der Waals surface area contributed by atoms with E-state index in [1.54, 1.807) is 17.8 Å². The van der Waals surface area contributed by atoms with Crippen LogP contribution in [-0.2, 0) is 18.3 Å². The second-order valence-electron chi connectivity index (χ2n) is 4.57. The highest BCUT2D eigenvalue weighted by Gasteiger charge is 2.32. The Morgan fingerprint density at radius 1 is 1.53 bits per heavy atom. The van der Waals surface area contributed by atoms with E-state index in [0.717, 1.165) is 5.69 Å². The first-order valence-electron chi connectivity index (χ1n) is 6.15. The first-order valence-corrected chi connectivity index (χ1v) is 6.15. The van der Waals surface area contributed by atoms with E-state index >= 15 is 0 Å². The number of hydrogen-bond acceptors (Lipinski definition) is 3. The van der Waals surface area contributed by atoms with Crippen LogP contribution in [-0.4, -0.2) is 39.0 Å². The molecule has 0 spiro atoms. The number of hydrogen-bond donors (Lipinski definition) is 3. The van der Waals surface area contributed by atoms with E-state index in [2.05, 4.69) is 15.7 Å². The van der Waals surface area contributed by atoms with Crippen LogP contribution in [0.3, 0.4) is 0 Å². The number of carbonyl (C=O) groups excluding carboxylic acids is 1. The summed E-state index contributed by atoms with van der Waals surface area (Å²) in [7, 11) is 1.83. The van der Waals surface area contributed by atoms with E-state index in [4.69, 9.17) is 5.11 Å². The molecule has 1 unspecified atom stereocenters. The molecule has 3 N–H and O–H groups in total. The molecule has 1 aromatic rings. The van der Waals surface area contributed by atoms with Crippen LogP contribution in [0.5, 0.6) is 0 Å². The highest BCUT2D eigenvalue weighted by atomic mass is 16.4. The summed E-state index contributed by atoms with van der Waals surface area (Å²) >= 11 is 0. The summed E-state index contributed by atoms with van der Waals surface area (Å²) < 4.78 is 1.73. The molecule has 1 atom stereocenters. The van der Waals surface area contributed by atoms with E-state index in [1.165, 1.54) is 6.92 Å². The predicted molar refractivity (Wildman–Crippen MR) is 69.8 cm³/mol. The fourth-order valence-corrected chi connectivity index (χ4v) is 1.54. The van der Waals surface area contributed by atoms with E-state index in [-0.39, 0.29) is 0 Å². The van der Waals surface area contributed by atoms with Crippen LogP contribution in [0.1, 0.15) is 26.0 Å². The number of carboxylic acids is 1. The maximum atomic E-state index is 11.6. The number of aromatic nitrogens is 2. The van der Waals surface area contributed by atoms with Gasteiger partial charge in [0, 0.05) is 31.9 Å². The van der Waals surface area contributed by atoms with E-state index < -0.39 is 17.5 Å². The minimum absolute atomic E-state index is 0.317. The Bertz CT molecular complexity index is 458. The molecule has 19 heavy (non-hydrogen) atoms. The van der Waals surface area contributed by atoms with Crippen molar-refractivity contribution < 1.29 is 14.7 Å². The lowest BCUT2D eigenvalue weighted by atomic mass is 10.00. The average Bonchev–Trinajstić information content (AvgIpc) is 2.74. The minimum Gasteiger partial charge on any atom is -0.480 e. The fourth-order valence-electron chi connectivity index (χ4n) is 1.54. The number of amides is 2. The third kappa shape index (κ3) is 3.97. The lowest BCUT2D eigenvalue weighted by molar-refractivity contribution is -0.143. The number of carbonyl (C=O) groups is 2. The van der Waals surface area contributed by atoms with Crippen molar-refractivity contribution in [2.45, 2.75) is 32.2 Å². The number of rotatable bonds is 6. The molecule has 1 rings (SSSR count). The molecule has 0 fully saturated rings. The second kappa shape index (κ2) is 6.21. The molecular formula is C12H20N4O3. The van der Waals surface area contributed by atoms with Crippen LogP contribution >= 0.6 is 0 Å². The van der Waals surface area contributed by atoms with Crippen molar-refractivity contribution in [3.63, 3.8) is 0 Å². The molecule has 0 saturated heterocycles. The van der Waals surface area contributed by atoms with Crippen LogP contribution in [0.25, 0.3) is 0 Å². The molecule has 1 aromatic heterocycles. The Kier molecular flexibility index (Phi) is 4.91. The van der Waals surface area contributed by atoms with Crippen molar-refractivity contribution in [1.82, 2.24) is 20.4 Å². The van der Waals surface area contributed by atoms with Gasteiger partial charge < -0.3 is 15.7 Å². The average molecular weight is 268 g/mol. The van der Waals surface area contributed by atoms with Crippen LogP contribution in [0.2, 0.25) is 0 Å². The van der Waals surface area contributed by atoms with Gasteiger partial charge in [-0.1, -0.05) is 6.92 Å². The lowest BCUT2D eigenvalue weighted by Gasteiger charge is -2.24. The number of urea groups is 1. The molecule has 2 amide bonds. The summed E-state index contributed by atoms with van der Waals surface area (Å²) in [6.07, 6.45) is 2.64. The first kappa shape index (κ1) is 15.0. The maximum absolute atomic E-state index is 11.6. The molecule has 0 aromatic carbocycles. The van der Waals surface area contributed by atoms with Gasteiger partial charge in [0.1, 0.15) is 5.54 Å². The number of nitrogens with zero attached hydrogens (tertiary/aromatic N) is 2. The molecule has 0 bridgehead atoms. The normalized spacial score (nSPS) is 13.6. The maximum Gasteiger partial charge on any atom is 0.329 e. The summed E-state index contributed by atoms with van der Waals surface area (Å²) in [6.45, 7) is 3.62. The summed E-state index contributed by atoms with van der Waals surface area (Å²) in [5, 5.41) is 18.2. The summed E-state index contributed by atoms with van der Waals surface area (Å²) in [6, 6.07) is 1.39. The smallest absolute Gasteiger partial charge is 0.329 e. The Morgan fingerprint density at radius 3 is 2.68 bits per heavy atom. The van der Waals surface area contributed by atoms with Crippen molar-refractivity contribution in [1.29, 1.82) is 0 Å². The number of aryl methyl sites for hydroxylation is 1. The predicted octanol–water partition coefficient (Wildman–Crippen LogP) is 0.515. The standard InChI is InChI=1S/C12H20N4O3/c1-4-12(2,10(17)18)15-11(19)13-7-5-9-6-8-14-16(9)3/h6,8H,4-5,7H2,1-3H3,(H,17,18)(H2,13,15,19). The van der Waals surface area contributed by atoms with Gasteiger partial charge in [-0.25, -0.2) is 9.59 Å². The SMILES string of the molecule is CCC(C)(NC(=O)NCCc1ccnn1C)C(=O)O. The molecule has 7 heteroatoms. The Hall–Kier alpha value is -2.05. The van der Waals surface area contributed by atoms with Crippen molar-refractivity contribution in [3.05, 3.63) is 18.0 Å². The zero-order chi connectivity index (χ0) is 14.5. The van der Waals surface area contributed by atoms with Crippen LogP contribution in [0, 0.1) is 0 Å². The van der Waals surface area contributed by atoms with E-state index in [9.17, 15) is 9.59 Å². The number of aliphatic carboxylic acids is 1. The fraction of sp³-hybridized carbons (Fsp3) is 0.583. The topological polar surface area (TPSA) is 96.3 Å². The van der Waals surface area contributed by atoms with Gasteiger partial charge in [-0.05, 0) is 19.4 Å². The zero-order valence-electron chi connectivity index (χ0n) is 11.4. The van der Waals surface area contributed by atoms with Gasteiger partial charge in [-0.2, -0.15) is 5.10 Å². The highest BCUT2D eigenvalue weighted by molar-refractivity contribution is 5.85. The van der Waals surface area contributed by atoms with Gasteiger partial charge in [-0.3, -0.25) is 4.68 Å². The van der Waals surface area contributed by atoms with Gasteiger partial charge in [0.2, 0.25) is 0 Å². The zero-order valence-corrected chi connectivity index (χ0v) is 11.4. The van der Waals surface area contributed by atoms with Gasteiger partial charge in [0.05, 0.1) is 0 Å². The third-order valence-electron chi connectivity index (χ3n) is 3.16. The largest absolute Gasteiger partial charge is 0.480 e. The molecule has 0 saturated carbocycles. The quantitative estimate of drug-likeness (QED) is 0.700. The highest BCUT2D eigenvalue weighted by Crippen LogP contribution is 2.08. The molecule has 0 aliphatic rings. The van der Waals surface area contributed by atoms with Gasteiger partial charge >= 0.3 is 12.0 Å². The second-order valence-corrected chi connectivity index (χ2v) is 4.57. The van der Waals surface area contributed by atoms with Crippen LogP contribution in [0.15, 0.2) is 12.3 Å². The van der Waals surface area contributed by atoms with E-state index in [1.807, 2.05) is 13.1 Å². The molecule has 0 aliphatic heterocycles. The Labute approximate surface area is 112 Å². The number of carboxylic acid groups (broad SMARTS) is 1. The van der Waals surface area contributed by atoms with E-state index in [0.29, 0.717) is 19.4 Å². The Morgan fingerprint density at radius 2 is 2.21 bits per heavy atom. The summed E-state index contributed by atoms with van der Waals surface area (Å²) in [4.78, 5) is 22.7. The van der Waals surface area contributed by atoms with Crippen molar-refractivity contribution in [2.24, 2.45) is 7.05 Å². The lowest BCUT2D eigenvalue weighted by Crippen LogP contribution is -2.55. The molecule has 0 radical (unpaired) electrons. The molecular weight excluding hydrogens is 248 g/mol. The van der Waals surface area contributed by atoms with Crippen molar-refractivity contribution in [3.8, 4) is 0 Å². The van der Waals surface area contributed by atoms with Crippen molar-refractivity contribution >= 4 is 12.0 Å². The third-order valence-corrected chi connectivity index (χ3v) is 3.16. The van der Waals surface area contributed by atoms with Gasteiger partial charge in [0.25, 0.3) is 0 Å². The van der Waals surface area contributed by atoms with Gasteiger partial charge in [0.15, 0.2) is 0 Å². The molecule has 7 nitrogen and oxygen atoms in total. The molecule has 106 valence electrons. The number of nitrogens with one attached hydrogen (secondary N) is 2. The van der Waals surface area contributed by atoms with Crippen molar-refractivity contribution in [2.75, 3.05) is 6.54 Å². The van der Waals surface area contributed by atoms with Crippen LogP contribution < -0.4 is 10.6 Å². The summed E-state index contributed by atoms with van der Waals surface area (Å²) in [5.74, 6) is -1.04. The summed E-state index contributed by atoms with van der Waals surface area (Å²) in [5.41, 5.74) is -0.242. The molecule has 0 aliphatic carbocycles. The Balaban J connectivity index is 2.40. The molecule has 1 heterocycles. The first-order chi connectivity index (χ1) is 8.89. The minimum atomic E-state index is -1.24. The van der Waals surface area contributed by atoms with Gasteiger partial charge in [-0.15, -0.1) is 0 Å². The van der Waals surface area contributed by atoms with Crippen LogP contribution in [0.4, 0.5) is 4.79 Å². The monoisotopic (exact) mass is 268 g/mol.